The predicted molar refractivity (Wildman–Crippen MR) is 78.5 cm³/mol. The highest BCUT2D eigenvalue weighted by Crippen LogP contribution is 2.24. The topological polar surface area (TPSA) is 84.9 Å². The molecule has 1 aromatic rings. The van der Waals surface area contributed by atoms with E-state index in [4.69, 9.17) is 4.74 Å². The van der Waals surface area contributed by atoms with Crippen LogP contribution in [0.5, 0.6) is 5.75 Å². The van der Waals surface area contributed by atoms with E-state index in [1.165, 1.54) is 0 Å². The minimum atomic E-state index is -0.933. The van der Waals surface area contributed by atoms with Crippen molar-refractivity contribution in [2.45, 2.75) is 19.4 Å². The van der Waals surface area contributed by atoms with Gasteiger partial charge in [-0.1, -0.05) is 0 Å². The first kappa shape index (κ1) is 15.8. The summed E-state index contributed by atoms with van der Waals surface area (Å²) in [7, 11) is 1.57. The maximum atomic E-state index is 12.0. The molecule has 1 atom stereocenters. The summed E-state index contributed by atoms with van der Waals surface area (Å²) >= 11 is 0. The van der Waals surface area contributed by atoms with E-state index in [2.05, 4.69) is 10.1 Å². The van der Waals surface area contributed by atoms with Crippen LogP contribution in [0.4, 0.5) is 5.69 Å². The van der Waals surface area contributed by atoms with Gasteiger partial charge in [0.1, 0.15) is 5.75 Å². The Morgan fingerprint density at radius 3 is 2.59 bits per heavy atom. The van der Waals surface area contributed by atoms with Gasteiger partial charge in [-0.3, -0.25) is 9.59 Å². The minimum absolute atomic E-state index is 0.112. The lowest BCUT2D eigenvalue weighted by atomic mass is 10.2. The standard InChI is InChI=1S/C15H18N2O5/c1-3-22-15(20)14(19)16-10-8-13(18)17(9-10)11-4-6-12(21-2)7-5-11/h4-7,10H,3,8-9H2,1-2H3,(H,16,19)/t10-/m1/s1. The molecule has 22 heavy (non-hydrogen) atoms. The molecule has 1 heterocycles. The van der Waals surface area contributed by atoms with E-state index in [-0.39, 0.29) is 18.9 Å². The van der Waals surface area contributed by atoms with Gasteiger partial charge in [-0.2, -0.15) is 0 Å². The highest BCUT2D eigenvalue weighted by molar-refractivity contribution is 6.32. The third kappa shape index (κ3) is 3.55. The number of nitrogens with zero attached hydrogens (tertiary/aromatic N) is 1. The molecule has 0 aromatic heterocycles. The van der Waals surface area contributed by atoms with E-state index in [1.807, 2.05) is 0 Å². The lowest BCUT2D eigenvalue weighted by Crippen LogP contribution is -2.41. The molecule has 1 saturated heterocycles. The smallest absolute Gasteiger partial charge is 0.396 e. The van der Waals surface area contributed by atoms with Crippen molar-refractivity contribution >= 4 is 23.5 Å². The van der Waals surface area contributed by atoms with Gasteiger partial charge >= 0.3 is 11.9 Å². The van der Waals surface area contributed by atoms with Crippen LogP contribution in [0, 0.1) is 0 Å². The van der Waals surface area contributed by atoms with Crippen molar-refractivity contribution in [3.63, 3.8) is 0 Å². The van der Waals surface area contributed by atoms with E-state index in [0.29, 0.717) is 12.3 Å². The number of methoxy groups -OCH3 is 1. The lowest BCUT2D eigenvalue weighted by molar-refractivity contribution is -0.154. The monoisotopic (exact) mass is 306 g/mol. The van der Waals surface area contributed by atoms with Gasteiger partial charge in [0.25, 0.3) is 0 Å². The van der Waals surface area contributed by atoms with Crippen LogP contribution in [0.3, 0.4) is 0 Å². The van der Waals surface area contributed by atoms with Crippen LogP contribution in [0.1, 0.15) is 13.3 Å². The van der Waals surface area contributed by atoms with Crippen LogP contribution in [0.25, 0.3) is 0 Å². The fourth-order valence-corrected chi connectivity index (χ4v) is 2.26. The minimum Gasteiger partial charge on any atom is -0.497 e. The molecule has 0 radical (unpaired) electrons. The summed E-state index contributed by atoms with van der Waals surface area (Å²) in [6.45, 7) is 2.07. The van der Waals surface area contributed by atoms with Gasteiger partial charge in [0.05, 0.1) is 19.8 Å². The fourth-order valence-electron chi connectivity index (χ4n) is 2.26. The zero-order valence-corrected chi connectivity index (χ0v) is 12.5. The van der Waals surface area contributed by atoms with E-state index in [9.17, 15) is 14.4 Å². The number of carbonyl (C=O) groups excluding carboxylic acids is 3. The summed E-state index contributed by atoms with van der Waals surface area (Å²) in [6, 6.07) is 6.64. The molecule has 1 aromatic carbocycles. The molecule has 1 N–H and O–H groups in total. The summed E-state index contributed by atoms with van der Waals surface area (Å²) < 4.78 is 9.68. The molecule has 0 bridgehead atoms. The lowest BCUT2D eigenvalue weighted by Gasteiger charge is -2.17. The molecule has 0 saturated carbocycles. The number of hydrogen-bond acceptors (Lipinski definition) is 5. The van der Waals surface area contributed by atoms with E-state index >= 15 is 0 Å². The molecule has 1 fully saturated rings. The number of hydrogen-bond donors (Lipinski definition) is 1. The molecule has 1 aliphatic rings. The largest absolute Gasteiger partial charge is 0.497 e. The Morgan fingerprint density at radius 1 is 1.32 bits per heavy atom. The molecular weight excluding hydrogens is 288 g/mol. The molecular formula is C15H18N2O5. The van der Waals surface area contributed by atoms with Gasteiger partial charge in [-0.25, -0.2) is 4.79 Å². The zero-order valence-electron chi connectivity index (χ0n) is 12.5. The van der Waals surface area contributed by atoms with Crippen molar-refractivity contribution in [1.29, 1.82) is 0 Å². The fraction of sp³-hybridized carbons (Fsp3) is 0.400. The zero-order chi connectivity index (χ0) is 16.1. The quantitative estimate of drug-likeness (QED) is 0.646. The number of carbonyl (C=O) groups is 3. The average Bonchev–Trinajstić information content (AvgIpc) is 2.88. The number of benzene rings is 1. The Balaban J connectivity index is 1.98. The third-order valence-electron chi connectivity index (χ3n) is 3.31. The third-order valence-corrected chi connectivity index (χ3v) is 3.31. The van der Waals surface area contributed by atoms with Crippen molar-refractivity contribution in [3.05, 3.63) is 24.3 Å². The molecule has 1 aliphatic heterocycles. The Morgan fingerprint density at radius 2 is 2.00 bits per heavy atom. The maximum Gasteiger partial charge on any atom is 0.396 e. The van der Waals surface area contributed by atoms with Crippen LogP contribution >= 0.6 is 0 Å². The highest BCUT2D eigenvalue weighted by Gasteiger charge is 2.33. The summed E-state index contributed by atoms with van der Waals surface area (Å²) in [4.78, 5) is 36.5. The summed E-state index contributed by atoms with van der Waals surface area (Å²) in [5.41, 5.74) is 0.721. The first-order valence-electron chi connectivity index (χ1n) is 6.97. The summed E-state index contributed by atoms with van der Waals surface area (Å²) in [5, 5.41) is 2.52. The number of anilines is 1. The van der Waals surface area contributed by atoms with Crippen molar-refractivity contribution in [1.82, 2.24) is 5.32 Å². The van der Waals surface area contributed by atoms with Crippen LogP contribution < -0.4 is 15.0 Å². The SMILES string of the molecule is CCOC(=O)C(=O)N[C@@H]1CC(=O)N(c2ccc(OC)cc2)C1. The predicted octanol–water partition coefficient (Wildman–Crippen LogP) is 0.480. The molecule has 0 aliphatic carbocycles. The second-order valence-electron chi connectivity index (χ2n) is 4.80. The van der Waals surface area contributed by atoms with Gasteiger partial charge in [0.15, 0.2) is 0 Å². The molecule has 118 valence electrons. The molecule has 2 amide bonds. The van der Waals surface area contributed by atoms with Gasteiger partial charge in [-0.05, 0) is 31.2 Å². The Kier molecular flexibility index (Phi) is 4.98. The molecule has 0 spiro atoms. The van der Waals surface area contributed by atoms with Crippen LogP contribution in [-0.4, -0.2) is 44.1 Å². The highest BCUT2D eigenvalue weighted by atomic mass is 16.5. The number of ether oxygens (including phenoxy) is 2. The first-order chi connectivity index (χ1) is 10.5. The van der Waals surface area contributed by atoms with Crippen molar-refractivity contribution in [2.75, 3.05) is 25.2 Å². The maximum absolute atomic E-state index is 12.0. The second-order valence-corrected chi connectivity index (χ2v) is 4.80. The number of esters is 1. The van der Waals surface area contributed by atoms with Crippen molar-refractivity contribution in [2.24, 2.45) is 0 Å². The number of amides is 2. The number of nitrogens with one attached hydrogen (secondary N) is 1. The van der Waals surface area contributed by atoms with Crippen molar-refractivity contribution in [3.8, 4) is 5.75 Å². The van der Waals surface area contributed by atoms with Gasteiger partial charge in [0, 0.05) is 18.7 Å². The molecule has 2 rings (SSSR count). The summed E-state index contributed by atoms with van der Waals surface area (Å²) in [6.07, 6.45) is 0.150. The first-order valence-corrected chi connectivity index (χ1v) is 6.97. The Labute approximate surface area is 128 Å². The number of rotatable bonds is 4. The normalized spacial score (nSPS) is 17.3. The van der Waals surface area contributed by atoms with E-state index in [1.54, 1.807) is 43.2 Å². The Bertz CT molecular complexity index is 570. The van der Waals surface area contributed by atoms with Gasteiger partial charge < -0.3 is 19.7 Å². The van der Waals surface area contributed by atoms with Crippen LogP contribution in [0.15, 0.2) is 24.3 Å². The Hall–Kier alpha value is -2.57. The second kappa shape index (κ2) is 6.93. The molecule has 7 nitrogen and oxygen atoms in total. The van der Waals surface area contributed by atoms with Crippen LogP contribution in [0.2, 0.25) is 0 Å². The van der Waals surface area contributed by atoms with Crippen molar-refractivity contribution < 1.29 is 23.9 Å². The van der Waals surface area contributed by atoms with E-state index < -0.39 is 17.9 Å². The molecule has 7 heteroatoms. The molecule has 0 unspecified atom stereocenters. The average molecular weight is 306 g/mol. The summed E-state index contributed by atoms with van der Waals surface area (Å²) in [5.74, 6) is -1.17. The van der Waals surface area contributed by atoms with E-state index in [0.717, 1.165) is 5.69 Å². The van der Waals surface area contributed by atoms with Gasteiger partial charge in [0.2, 0.25) is 5.91 Å². The van der Waals surface area contributed by atoms with Gasteiger partial charge in [-0.15, -0.1) is 0 Å². The van der Waals surface area contributed by atoms with Crippen LogP contribution in [-0.2, 0) is 19.1 Å².